The van der Waals surface area contributed by atoms with Crippen molar-refractivity contribution in [2.75, 3.05) is 19.6 Å². The lowest BCUT2D eigenvalue weighted by Gasteiger charge is -2.35. The Bertz CT molecular complexity index is 586. The van der Waals surface area contributed by atoms with Crippen LogP contribution in [0.3, 0.4) is 0 Å². The van der Waals surface area contributed by atoms with Crippen LogP contribution in [0, 0.1) is 0 Å². The normalized spacial score (nSPS) is 15.8. The standard InChI is InChI=1S/C15H17ClN2O3/c1-10(2)18-7-6-17(14(20)15(18)21)9-13(19)11-4-3-5-12(16)8-11/h3-5,8,10H,6-7,9H2,1-2H3. The number of ketones is 1. The van der Waals surface area contributed by atoms with Crippen molar-refractivity contribution in [3.63, 3.8) is 0 Å². The first kappa shape index (κ1) is 15.5. The van der Waals surface area contributed by atoms with Crippen LogP contribution in [-0.4, -0.2) is 53.1 Å². The number of benzene rings is 1. The lowest BCUT2D eigenvalue weighted by Crippen LogP contribution is -2.57. The number of carbonyl (C=O) groups is 3. The number of hydrogen-bond donors (Lipinski definition) is 0. The molecule has 1 heterocycles. The summed E-state index contributed by atoms with van der Waals surface area (Å²) in [7, 11) is 0. The molecule has 0 unspecified atom stereocenters. The quantitative estimate of drug-likeness (QED) is 0.627. The summed E-state index contributed by atoms with van der Waals surface area (Å²) in [5.41, 5.74) is 0.439. The van der Waals surface area contributed by atoms with Crippen molar-refractivity contribution in [1.82, 2.24) is 9.80 Å². The van der Waals surface area contributed by atoms with Gasteiger partial charge in [0.2, 0.25) is 0 Å². The van der Waals surface area contributed by atoms with Gasteiger partial charge in [-0.3, -0.25) is 14.4 Å². The molecule has 0 aliphatic carbocycles. The molecule has 1 aromatic carbocycles. The van der Waals surface area contributed by atoms with Gasteiger partial charge in [-0.2, -0.15) is 0 Å². The molecule has 0 radical (unpaired) electrons. The highest BCUT2D eigenvalue weighted by molar-refractivity contribution is 6.36. The Morgan fingerprint density at radius 1 is 1.24 bits per heavy atom. The molecule has 0 spiro atoms. The van der Waals surface area contributed by atoms with E-state index in [1.165, 1.54) is 9.80 Å². The van der Waals surface area contributed by atoms with E-state index < -0.39 is 11.8 Å². The summed E-state index contributed by atoms with van der Waals surface area (Å²) in [5, 5.41) is 0.466. The predicted octanol–water partition coefficient (Wildman–Crippen LogP) is 1.60. The minimum absolute atomic E-state index is 0.0211. The molecule has 5 nitrogen and oxygen atoms in total. The second kappa shape index (κ2) is 6.26. The number of piperazine rings is 1. The number of amides is 2. The summed E-state index contributed by atoms with van der Waals surface area (Å²) in [5.74, 6) is -1.39. The lowest BCUT2D eigenvalue weighted by molar-refractivity contribution is -0.156. The Balaban J connectivity index is 2.06. The maximum absolute atomic E-state index is 12.2. The Labute approximate surface area is 128 Å². The summed E-state index contributed by atoms with van der Waals surface area (Å²) in [6.07, 6.45) is 0. The van der Waals surface area contributed by atoms with Gasteiger partial charge in [0.05, 0.1) is 6.54 Å². The molecule has 0 N–H and O–H groups in total. The third-order valence-corrected chi connectivity index (χ3v) is 3.68. The molecule has 2 amide bonds. The number of carbonyl (C=O) groups excluding carboxylic acids is 3. The molecule has 0 atom stereocenters. The van der Waals surface area contributed by atoms with Crippen molar-refractivity contribution in [1.29, 1.82) is 0 Å². The highest BCUT2D eigenvalue weighted by Crippen LogP contribution is 2.13. The topological polar surface area (TPSA) is 57.7 Å². The van der Waals surface area contributed by atoms with Crippen molar-refractivity contribution in [2.24, 2.45) is 0 Å². The number of rotatable bonds is 4. The fourth-order valence-electron chi connectivity index (χ4n) is 2.26. The van der Waals surface area contributed by atoms with Gasteiger partial charge >= 0.3 is 11.8 Å². The first-order valence-electron chi connectivity index (χ1n) is 6.79. The van der Waals surface area contributed by atoms with Gasteiger partial charge in [0.25, 0.3) is 0 Å². The van der Waals surface area contributed by atoms with Crippen LogP contribution in [0.1, 0.15) is 24.2 Å². The zero-order valence-corrected chi connectivity index (χ0v) is 12.8. The largest absolute Gasteiger partial charge is 0.330 e. The fourth-order valence-corrected chi connectivity index (χ4v) is 2.45. The first-order valence-corrected chi connectivity index (χ1v) is 7.16. The lowest BCUT2D eigenvalue weighted by atomic mass is 10.1. The average molecular weight is 309 g/mol. The van der Waals surface area contributed by atoms with Gasteiger partial charge in [0.15, 0.2) is 5.78 Å². The maximum atomic E-state index is 12.2. The minimum atomic E-state index is -0.620. The van der Waals surface area contributed by atoms with Crippen LogP contribution in [0.4, 0.5) is 0 Å². The van der Waals surface area contributed by atoms with Crippen LogP contribution in [0.2, 0.25) is 5.02 Å². The number of hydrogen-bond acceptors (Lipinski definition) is 3. The van der Waals surface area contributed by atoms with E-state index in [4.69, 9.17) is 11.6 Å². The van der Waals surface area contributed by atoms with E-state index >= 15 is 0 Å². The van der Waals surface area contributed by atoms with Crippen LogP contribution >= 0.6 is 11.6 Å². The number of halogens is 1. The van der Waals surface area contributed by atoms with E-state index in [0.717, 1.165) is 0 Å². The van der Waals surface area contributed by atoms with Crippen molar-refractivity contribution in [3.05, 3.63) is 34.9 Å². The van der Waals surface area contributed by atoms with E-state index in [9.17, 15) is 14.4 Å². The molecule has 1 aliphatic heterocycles. The molecular weight excluding hydrogens is 292 g/mol. The summed E-state index contributed by atoms with van der Waals surface area (Å²) in [6, 6.07) is 6.53. The Hall–Kier alpha value is -1.88. The van der Waals surface area contributed by atoms with E-state index in [-0.39, 0.29) is 18.4 Å². The van der Waals surface area contributed by atoms with Crippen LogP contribution in [-0.2, 0) is 9.59 Å². The van der Waals surface area contributed by atoms with Gasteiger partial charge in [-0.15, -0.1) is 0 Å². The monoisotopic (exact) mass is 308 g/mol. The molecule has 2 rings (SSSR count). The Morgan fingerprint density at radius 3 is 2.57 bits per heavy atom. The summed E-state index contributed by atoms with van der Waals surface area (Å²) in [4.78, 5) is 38.9. The SMILES string of the molecule is CC(C)N1CCN(CC(=O)c2cccc(Cl)c2)C(=O)C1=O. The molecular formula is C15H17ClN2O3. The Kier molecular flexibility index (Phi) is 4.63. The van der Waals surface area contributed by atoms with Crippen LogP contribution < -0.4 is 0 Å². The van der Waals surface area contributed by atoms with Crippen LogP contribution in [0.25, 0.3) is 0 Å². The van der Waals surface area contributed by atoms with Gasteiger partial charge in [0, 0.05) is 29.7 Å². The minimum Gasteiger partial charge on any atom is -0.330 e. The molecule has 112 valence electrons. The van der Waals surface area contributed by atoms with Crippen molar-refractivity contribution < 1.29 is 14.4 Å². The summed E-state index contributed by atoms with van der Waals surface area (Å²) >= 11 is 5.84. The zero-order chi connectivity index (χ0) is 15.6. The van der Waals surface area contributed by atoms with Gasteiger partial charge in [-0.05, 0) is 26.0 Å². The Morgan fingerprint density at radius 2 is 1.95 bits per heavy atom. The highest BCUT2D eigenvalue weighted by Gasteiger charge is 2.34. The fraction of sp³-hybridized carbons (Fsp3) is 0.400. The van der Waals surface area contributed by atoms with E-state index in [1.807, 2.05) is 13.8 Å². The molecule has 0 aromatic heterocycles. The average Bonchev–Trinajstić information content (AvgIpc) is 2.43. The van der Waals surface area contributed by atoms with Gasteiger partial charge in [-0.25, -0.2) is 0 Å². The number of Topliss-reactive ketones (excluding diaryl/α,β-unsaturated/α-hetero) is 1. The van der Waals surface area contributed by atoms with Crippen molar-refractivity contribution in [3.8, 4) is 0 Å². The van der Waals surface area contributed by atoms with Crippen molar-refractivity contribution >= 4 is 29.2 Å². The molecule has 6 heteroatoms. The van der Waals surface area contributed by atoms with Crippen molar-refractivity contribution in [2.45, 2.75) is 19.9 Å². The second-order valence-corrected chi connectivity index (χ2v) is 5.69. The van der Waals surface area contributed by atoms with Crippen LogP contribution in [0.5, 0.6) is 0 Å². The van der Waals surface area contributed by atoms with E-state index in [1.54, 1.807) is 24.3 Å². The second-order valence-electron chi connectivity index (χ2n) is 5.25. The number of nitrogens with zero attached hydrogens (tertiary/aromatic N) is 2. The molecule has 1 saturated heterocycles. The smallest absolute Gasteiger partial charge is 0.312 e. The third kappa shape index (κ3) is 3.42. The van der Waals surface area contributed by atoms with Gasteiger partial charge in [0.1, 0.15) is 0 Å². The maximum Gasteiger partial charge on any atom is 0.312 e. The van der Waals surface area contributed by atoms with Gasteiger partial charge in [-0.1, -0.05) is 23.7 Å². The molecule has 1 aromatic rings. The van der Waals surface area contributed by atoms with Crippen LogP contribution in [0.15, 0.2) is 24.3 Å². The summed E-state index contributed by atoms with van der Waals surface area (Å²) < 4.78 is 0. The zero-order valence-electron chi connectivity index (χ0n) is 12.0. The van der Waals surface area contributed by atoms with E-state index in [0.29, 0.717) is 23.7 Å². The highest BCUT2D eigenvalue weighted by atomic mass is 35.5. The molecule has 0 bridgehead atoms. The molecule has 1 aliphatic rings. The first-order chi connectivity index (χ1) is 9.90. The molecule has 21 heavy (non-hydrogen) atoms. The third-order valence-electron chi connectivity index (χ3n) is 3.45. The molecule has 0 saturated carbocycles. The summed E-state index contributed by atoms with van der Waals surface area (Å²) in [6.45, 7) is 4.44. The predicted molar refractivity (Wildman–Crippen MR) is 79.2 cm³/mol. The molecule has 1 fully saturated rings. The van der Waals surface area contributed by atoms with Gasteiger partial charge < -0.3 is 9.80 Å². The van der Waals surface area contributed by atoms with E-state index in [2.05, 4.69) is 0 Å².